The van der Waals surface area contributed by atoms with E-state index in [-0.39, 0.29) is 17.0 Å². The number of halogens is 3. The number of aliphatic carboxylic acids is 1. The van der Waals surface area contributed by atoms with Gasteiger partial charge in [-0.25, -0.2) is 13.2 Å². The number of rotatable bonds is 9. The van der Waals surface area contributed by atoms with E-state index in [4.69, 9.17) is 0 Å². The Kier molecular flexibility index (Phi) is 9.03. The molecule has 12 heteroatoms. The van der Waals surface area contributed by atoms with E-state index in [1.807, 2.05) is 6.92 Å². The molecule has 0 saturated heterocycles. The van der Waals surface area contributed by atoms with E-state index in [1.54, 1.807) is 73.8 Å². The molecule has 4 N–H and O–H groups in total. The number of alkyl halides is 3. The van der Waals surface area contributed by atoms with Crippen molar-refractivity contribution in [2.24, 2.45) is 0 Å². The summed E-state index contributed by atoms with van der Waals surface area (Å²) >= 11 is 0. The number of amides is 2. The fraction of sp³-hybridized carbons (Fsp3) is 0.259. The second-order valence-electron chi connectivity index (χ2n) is 9.14. The normalized spacial score (nSPS) is 12.6. The molecule has 39 heavy (non-hydrogen) atoms. The van der Waals surface area contributed by atoms with Gasteiger partial charge in [-0.15, -0.1) is 0 Å². The van der Waals surface area contributed by atoms with Crippen LogP contribution in [0.15, 0.2) is 65.6 Å². The Labute approximate surface area is 224 Å². The molecule has 1 atom stereocenters. The summed E-state index contributed by atoms with van der Waals surface area (Å²) in [5.41, 5.74) is 4.11. The molecule has 0 aliphatic rings. The number of carboxylic acid groups (broad SMARTS) is 1. The van der Waals surface area contributed by atoms with E-state index < -0.39 is 40.8 Å². The zero-order valence-corrected chi connectivity index (χ0v) is 22.2. The average Bonchev–Trinajstić information content (AvgIpc) is 2.81. The molecule has 0 heterocycles. The van der Waals surface area contributed by atoms with Gasteiger partial charge in [0.05, 0.1) is 4.90 Å². The largest absolute Gasteiger partial charge is 0.480 e. The van der Waals surface area contributed by atoms with Gasteiger partial charge in [-0.05, 0) is 67.1 Å². The summed E-state index contributed by atoms with van der Waals surface area (Å²) in [7, 11) is -4.11. The van der Waals surface area contributed by atoms with Gasteiger partial charge < -0.3 is 15.7 Å². The van der Waals surface area contributed by atoms with Crippen molar-refractivity contribution in [2.75, 3.05) is 11.9 Å². The summed E-state index contributed by atoms with van der Waals surface area (Å²) < 4.78 is 65.3. The molecule has 0 bridgehead atoms. The number of carboxylic acids is 1. The molecule has 2 amide bonds. The summed E-state index contributed by atoms with van der Waals surface area (Å²) in [5, 5.41) is 13.8. The monoisotopic (exact) mass is 563 g/mol. The number of hydrogen-bond acceptors (Lipinski definition) is 4. The Hall–Kier alpha value is -3.90. The SMILES string of the molecule is Cc1cc(C)c(S(=O)(=O)N[C@@H](Cc2ccc(-c3cccc(NC(=O)NCC(F)(F)F)c3)cc2)C(=O)O)c(C)c1. The molecule has 0 radical (unpaired) electrons. The Morgan fingerprint density at radius 3 is 2.10 bits per heavy atom. The van der Waals surface area contributed by atoms with Crippen molar-refractivity contribution < 1.29 is 36.3 Å². The molecule has 3 rings (SSSR count). The lowest BCUT2D eigenvalue weighted by molar-refractivity contribution is -0.139. The fourth-order valence-electron chi connectivity index (χ4n) is 4.22. The number of aryl methyl sites for hydroxylation is 3. The summed E-state index contributed by atoms with van der Waals surface area (Å²) in [5.74, 6) is -1.33. The first kappa shape index (κ1) is 29.7. The Morgan fingerprint density at radius 1 is 0.923 bits per heavy atom. The summed E-state index contributed by atoms with van der Waals surface area (Å²) in [6.45, 7) is 3.69. The first-order valence-electron chi connectivity index (χ1n) is 11.8. The maximum absolute atomic E-state index is 13.1. The van der Waals surface area contributed by atoms with Gasteiger partial charge in [-0.2, -0.15) is 17.9 Å². The molecule has 0 aliphatic heterocycles. The minimum atomic E-state index is -4.53. The van der Waals surface area contributed by atoms with Crippen molar-refractivity contribution in [1.29, 1.82) is 0 Å². The zero-order valence-electron chi connectivity index (χ0n) is 21.4. The molecule has 0 unspecified atom stereocenters. The molecule has 0 fully saturated rings. The highest BCUT2D eigenvalue weighted by molar-refractivity contribution is 7.89. The molecule has 0 spiro atoms. The van der Waals surface area contributed by atoms with E-state index in [0.29, 0.717) is 27.8 Å². The van der Waals surface area contributed by atoms with Crippen molar-refractivity contribution in [3.05, 3.63) is 82.9 Å². The van der Waals surface area contributed by atoms with Crippen LogP contribution in [-0.2, 0) is 21.2 Å². The van der Waals surface area contributed by atoms with Gasteiger partial charge in [0.15, 0.2) is 0 Å². The van der Waals surface area contributed by atoms with Crippen LogP contribution in [0.25, 0.3) is 11.1 Å². The molecule has 3 aromatic rings. The number of urea groups is 1. The van der Waals surface area contributed by atoms with Crippen LogP contribution in [0.4, 0.5) is 23.7 Å². The first-order valence-corrected chi connectivity index (χ1v) is 13.3. The van der Waals surface area contributed by atoms with Crippen LogP contribution >= 0.6 is 0 Å². The third kappa shape index (κ3) is 8.29. The van der Waals surface area contributed by atoms with Gasteiger partial charge in [0.25, 0.3) is 0 Å². The number of benzene rings is 3. The first-order chi connectivity index (χ1) is 18.1. The zero-order chi connectivity index (χ0) is 29.0. The van der Waals surface area contributed by atoms with Crippen LogP contribution in [0.2, 0.25) is 0 Å². The van der Waals surface area contributed by atoms with Crippen LogP contribution in [0.1, 0.15) is 22.3 Å². The van der Waals surface area contributed by atoms with Crippen molar-refractivity contribution >= 4 is 27.7 Å². The molecule has 0 aromatic heterocycles. The quantitative estimate of drug-likeness (QED) is 0.294. The van der Waals surface area contributed by atoms with Crippen LogP contribution < -0.4 is 15.4 Å². The number of hydrogen-bond donors (Lipinski definition) is 4. The van der Waals surface area contributed by atoms with E-state index in [2.05, 4.69) is 10.0 Å². The fourth-order valence-corrected chi connectivity index (χ4v) is 5.86. The Balaban J connectivity index is 1.73. The Morgan fingerprint density at radius 2 is 1.54 bits per heavy atom. The van der Waals surface area contributed by atoms with Gasteiger partial charge in [0.1, 0.15) is 12.6 Å². The molecule has 0 saturated carbocycles. The molecule has 8 nitrogen and oxygen atoms in total. The van der Waals surface area contributed by atoms with Crippen molar-refractivity contribution in [3.8, 4) is 11.1 Å². The molecule has 0 aliphatic carbocycles. The lowest BCUT2D eigenvalue weighted by atomic mass is 10.0. The molecule has 208 valence electrons. The smallest absolute Gasteiger partial charge is 0.405 e. The van der Waals surface area contributed by atoms with Gasteiger partial charge in [0, 0.05) is 5.69 Å². The highest BCUT2D eigenvalue weighted by Gasteiger charge is 2.29. The third-order valence-electron chi connectivity index (χ3n) is 5.77. The number of carbonyl (C=O) groups excluding carboxylic acids is 1. The van der Waals surface area contributed by atoms with Crippen LogP contribution in [-0.4, -0.2) is 44.3 Å². The molecule has 3 aromatic carbocycles. The second kappa shape index (κ2) is 11.9. The summed E-state index contributed by atoms with van der Waals surface area (Å²) in [6, 6.07) is 14.2. The minimum absolute atomic E-state index is 0.0512. The second-order valence-corrected chi connectivity index (χ2v) is 10.8. The van der Waals surface area contributed by atoms with Crippen LogP contribution in [0, 0.1) is 20.8 Å². The highest BCUT2D eigenvalue weighted by Crippen LogP contribution is 2.25. The van der Waals surface area contributed by atoms with Gasteiger partial charge in [0.2, 0.25) is 10.0 Å². The predicted octanol–water partition coefficient (Wildman–Crippen LogP) is 4.94. The Bertz CT molecular complexity index is 1450. The van der Waals surface area contributed by atoms with Crippen LogP contribution in [0.3, 0.4) is 0 Å². The number of anilines is 1. The lowest BCUT2D eigenvalue weighted by Gasteiger charge is -2.18. The molecular weight excluding hydrogens is 535 g/mol. The van der Waals surface area contributed by atoms with Crippen molar-refractivity contribution in [1.82, 2.24) is 10.0 Å². The van der Waals surface area contributed by atoms with Gasteiger partial charge >= 0.3 is 18.2 Å². The third-order valence-corrected chi connectivity index (χ3v) is 7.54. The summed E-state index contributed by atoms with van der Waals surface area (Å²) in [4.78, 5) is 23.7. The van der Waals surface area contributed by atoms with E-state index in [1.165, 1.54) is 6.07 Å². The topological polar surface area (TPSA) is 125 Å². The minimum Gasteiger partial charge on any atom is -0.480 e. The highest BCUT2D eigenvalue weighted by atomic mass is 32.2. The number of nitrogens with one attached hydrogen (secondary N) is 3. The van der Waals surface area contributed by atoms with Crippen LogP contribution in [0.5, 0.6) is 0 Å². The van der Waals surface area contributed by atoms with E-state index in [9.17, 15) is 36.3 Å². The van der Waals surface area contributed by atoms with E-state index >= 15 is 0 Å². The van der Waals surface area contributed by atoms with Crippen molar-refractivity contribution in [3.63, 3.8) is 0 Å². The maximum Gasteiger partial charge on any atom is 0.405 e. The summed E-state index contributed by atoms with van der Waals surface area (Å²) in [6.07, 6.45) is -4.64. The average molecular weight is 564 g/mol. The lowest BCUT2D eigenvalue weighted by Crippen LogP contribution is -2.42. The number of carbonyl (C=O) groups is 2. The van der Waals surface area contributed by atoms with Gasteiger partial charge in [-0.1, -0.05) is 54.1 Å². The van der Waals surface area contributed by atoms with Crippen molar-refractivity contribution in [2.45, 2.75) is 44.3 Å². The maximum atomic E-state index is 13.1. The van der Waals surface area contributed by atoms with E-state index in [0.717, 1.165) is 5.56 Å². The standard InChI is InChI=1S/C27H28F3N3O5S/c1-16-11-17(2)24(18(3)12-16)39(37,38)33-23(25(34)35)13-19-7-9-20(10-8-19)21-5-4-6-22(14-21)32-26(36)31-15-27(28,29)30/h4-12,14,23,33H,13,15H2,1-3H3,(H,34,35)(H2,31,32,36)/t23-/m0/s1. The predicted molar refractivity (Wildman–Crippen MR) is 141 cm³/mol. The number of sulfonamides is 1. The molecular formula is C27H28F3N3O5S. The van der Waals surface area contributed by atoms with Gasteiger partial charge in [-0.3, -0.25) is 4.79 Å².